The Morgan fingerprint density at radius 1 is 1.35 bits per heavy atom. The molecule has 0 radical (unpaired) electrons. The van der Waals surface area contributed by atoms with Crippen molar-refractivity contribution in [3.63, 3.8) is 0 Å². The van der Waals surface area contributed by atoms with Crippen molar-refractivity contribution in [2.75, 3.05) is 18.9 Å². The zero-order chi connectivity index (χ0) is 16.2. The molecule has 3 rings (SSSR count). The van der Waals surface area contributed by atoms with E-state index in [1.807, 2.05) is 0 Å². The van der Waals surface area contributed by atoms with Gasteiger partial charge in [0.15, 0.2) is 0 Å². The zero-order valence-corrected chi connectivity index (χ0v) is 13.1. The molecule has 8 heteroatoms. The number of nitrogens with one attached hydrogen (secondary N) is 2. The lowest BCUT2D eigenvalue weighted by Gasteiger charge is -2.10. The third kappa shape index (κ3) is 3.59. The Hall–Kier alpha value is -2.61. The van der Waals surface area contributed by atoms with Crippen molar-refractivity contribution < 1.29 is 14.3 Å². The van der Waals surface area contributed by atoms with Crippen LogP contribution in [0, 0.1) is 5.41 Å². The summed E-state index contributed by atoms with van der Waals surface area (Å²) in [7, 11) is 0. The summed E-state index contributed by atoms with van der Waals surface area (Å²) in [5.74, 6) is 0.631. The van der Waals surface area contributed by atoms with Crippen molar-refractivity contribution in [2.24, 2.45) is 0 Å². The van der Waals surface area contributed by atoms with Gasteiger partial charge in [0.2, 0.25) is 0 Å². The first-order valence-electron chi connectivity index (χ1n) is 7.10. The van der Waals surface area contributed by atoms with E-state index >= 15 is 0 Å². The summed E-state index contributed by atoms with van der Waals surface area (Å²) < 4.78 is 10.7. The molecule has 0 spiro atoms. The molecule has 0 fully saturated rings. The summed E-state index contributed by atoms with van der Waals surface area (Å²) in [6.45, 7) is 0.979. The Bertz CT molecular complexity index is 744. The van der Waals surface area contributed by atoms with E-state index in [4.69, 9.17) is 20.6 Å². The normalized spacial score (nSPS) is 15.7. The van der Waals surface area contributed by atoms with Gasteiger partial charge in [0.05, 0.1) is 18.0 Å². The first-order chi connectivity index (χ1) is 11.1. The van der Waals surface area contributed by atoms with Gasteiger partial charge in [-0.05, 0) is 24.6 Å². The monoisotopic (exact) mass is 332 g/mol. The molecule has 7 nitrogen and oxygen atoms in total. The Kier molecular flexibility index (Phi) is 4.42. The van der Waals surface area contributed by atoms with Crippen molar-refractivity contribution in [3.8, 4) is 5.75 Å². The highest BCUT2D eigenvalue weighted by molar-refractivity contribution is 7.09. The second-order valence-corrected chi connectivity index (χ2v) is 5.90. The van der Waals surface area contributed by atoms with E-state index in [1.54, 1.807) is 23.6 Å². The number of hydrogen-bond acceptors (Lipinski definition) is 7. The third-order valence-corrected chi connectivity index (χ3v) is 4.11. The van der Waals surface area contributed by atoms with E-state index in [2.05, 4.69) is 10.3 Å². The predicted octanol–water partition coefficient (Wildman–Crippen LogP) is 2.15. The van der Waals surface area contributed by atoms with Gasteiger partial charge in [-0.3, -0.25) is 5.41 Å². The highest BCUT2D eigenvalue weighted by atomic mass is 32.1. The van der Waals surface area contributed by atoms with Gasteiger partial charge < -0.3 is 20.5 Å². The second kappa shape index (κ2) is 6.66. The Morgan fingerprint density at radius 2 is 2.22 bits per heavy atom. The fraction of sp³-hybridized carbons (Fsp3) is 0.267. The molecule has 1 amide bonds. The minimum Gasteiger partial charge on any atom is -0.494 e. The molecule has 120 valence electrons. The van der Waals surface area contributed by atoms with Gasteiger partial charge in [-0.2, -0.15) is 0 Å². The summed E-state index contributed by atoms with van der Waals surface area (Å²) in [5, 5.41) is 13.3. The summed E-state index contributed by atoms with van der Waals surface area (Å²) in [5.41, 5.74) is 7.75. The van der Waals surface area contributed by atoms with Gasteiger partial charge in [-0.1, -0.05) is 0 Å². The number of amides is 1. The number of benzene rings is 1. The molecular weight excluding hydrogens is 316 g/mol. The van der Waals surface area contributed by atoms with Crippen LogP contribution in [0.4, 0.5) is 10.5 Å². The number of nitrogen functional groups attached to an aromatic ring is 1. The van der Waals surface area contributed by atoms with E-state index in [1.165, 1.54) is 11.3 Å². The molecule has 0 saturated carbocycles. The maximum atomic E-state index is 11.5. The number of nitrogens with two attached hydrogens (primary N) is 1. The fourth-order valence-corrected chi connectivity index (χ4v) is 2.80. The van der Waals surface area contributed by atoms with E-state index in [-0.39, 0.29) is 12.3 Å². The van der Waals surface area contributed by atoms with E-state index < -0.39 is 6.09 Å². The van der Waals surface area contributed by atoms with Gasteiger partial charge in [0.25, 0.3) is 0 Å². The molecule has 0 aliphatic carbocycles. The van der Waals surface area contributed by atoms with Crippen LogP contribution in [-0.2, 0) is 11.3 Å². The SMILES string of the molecule is N=C1c2csc(n2)COC(=O)NCCCOc2ccc(N)c1c2. The summed E-state index contributed by atoms with van der Waals surface area (Å²) in [6.07, 6.45) is 0.157. The zero-order valence-electron chi connectivity index (χ0n) is 12.3. The lowest BCUT2D eigenvalue weighted by molar-refractivity contribution is 0.139. The Labute approximate surface area is 136 Å². The summed E-state index contributed by atoms with van der Waals surface area (Å²) in [6, 6.07) is 5.22. The van der Waals surface area contributed by atoms with Gasteiger partial charge >= 0.3 is 6.09 Å². The molecule has 1 aromatic carbocycles. The average molecular weight is 332 g/mol. The molecule has 0 unspecified atom stereocenters. The van der Waals surface area contributed by atoms with Crippen LogP contribution >= 0.6 is 11.3 Å². The van der Waals surface area contributed by atoms with Crippen LogP contribution in [0.1, 0.15) is 22.7 Å². The molecule has 2 aromatic rings. The number of ether oxygens (including phenoxy) is 2. The van der Waals surface area contributed by atoms with Crippen molar-refractivity contribution >= 4 is 28.8 Å². The number of carbonyl (C=O) groups is 1. The number of anilines is 1. The van der Waals surface area contributed by atoms with Crippen LogP contribution in [-0.4, -0.2) is 29.9 Å². The molecule has 0 atom stereocenters. The number of carbonyl (C=O) groups excluding carboxylic acids is 1. The quantitative estimate of drug-likeness (QED) is 0.640. The highest BCUT2D eigenvalue weighted by Crippen LogP contribution is 2.24. The maximum Gasteiger partial charge on any atom is 0.407 e. The Balaban J connectivity index is 1.92. The topological polar surface area (TPSA) is 110 Å². The molecule has 23 heavy (non-hydrogen) atoms. The van der Waals surface area contributed by atoms with Crippen molar-refractivity contribution in [3.05, 3.63) is 39.8 Å². The fourth-order valence-electron chi connectivity index (χ4n) is 2.10. The second-order valence-electron chi connectivity index (χ2n) is 4.96. The smallest absolute Gasteiger partial charge is 0.407 e. The minimum atomic E-state index is -0.489. The van der Waals surface area contributed by atoms with Crippen LogP contribution in [0.2, 0.25) is 0 Å². The molecule has 1 aliphatic heterocycles. The molecule has 4 bridgehead atoms. The number of aromatic nitrogens is 1. The maximum absolute atomic E-state index is 11.5. The lowest BCUT2D eigenvalue weighted by Crippen LogP contribution is -2.26. The highest BCUT2D eigenvalue weighted by Gasteiger charge is 2.15. The summed E-state index contributed by atoms with van der Waals surface area (Å²) in [4.78, 5) is 15.9. The van der Waals surface area contributed by atoms with E-state index in [9.17, 15) is 4.79 Å². The number of hydrogen-bond donors (Lipinski definition) is 3. The van der Waals surface area contributed by atoms with Gasteiger partial charge in [-0.15, -0.1) is 11.3 Å². The molecule has 2 heterocycles. The number of rotatable bonds is 0. The van der Waals surface area contributed by atoms with E-state index in [0.717, 1.165) is 0 Å². The average Bonchev–Trinajstić information content (AvgIpc) is 3.01. The first-order valence-corrected chi connectivity index (χ1v) is 7.98. The van der Waals surface area contributed by atoms with Crippen LogP contribution in [0.15, 0.2) is 23.6 Å². The Morgan fingerprint density at radius 3 is 3.09 bits per heavy atom. The van der Waals surface area contributed by atoms with Crippen molar-refractivity contribution in [2.45, 2.75) is 13.0 Å². The largest absolute Gasteiger partial charge is 0.494 e. The number of alkyl carbamates (subject to hydrolysis) is 1. The van der Waals surface area contributed by atoms with Gasteiger partial charge in [0.1, 0.15) is 17.4 Å². The van der Waals surface area contributed by atoms with Gasteiger partial charge in [-0.25, -0.2) is 9.78 Å². The minimum absolute atomic E-state index is 0.0792. The van der Waals surface area contributed by atoms with Gasteiger partial charge in [0, 0.05) is 23.2 Å². The van der Waals surface area contributed by atoms with Crippen molar-refractivity contribution in [1.29, 1.82) is 5.41 Å². The van der Waals surface area contributed by atoms with E-state index in [0.29, 0.717) is 47.3 Å². The third-order valence-electron chi connectivity index (χ3n) is 3.29. The molecule has 0 saturated heterocycles. The number of thiazole rings is 1. The van der Waals surface area contributed by atoms with Crippen LogP contribution < -0.4 is 15.8 Å². The number of fused-ring (bicyclic) bond motifs is 4. The molecule has 1 aromatic heterocycles. The predicted molar refractivity (Wildman–Crippen MR) is 87.2 cm³/mol. The molecular formula is C15H16N4O3S. The van der Waals surface area contributed by atoms with Crippen LogP contribution in [0.3, 0.4) is 0 Å². The first kappa shape index (κ1) is 15.3. The number of cyclic esters (lactones) is 1. The summed E-state index contributed by atoms with van der Waals surface area (Å²) >= 11 is 1.33. The number of nitrogens with zero attached hydrogens (tertiary/aromatic N) is 1. The molecule has 1 aliphatic rings. The van der Waals surface area contributed by atoms with Crippen molar-refractivity contribution in [1.82, 2.24) is 10.3 Å². The standard InChI is InChI=1S/C15H16N4O3S/c16-11-3-2-9-6-10(11)14(17)12-8-23-13(19-12)7-22-15(20)18-4-1-5-21-9/h2-3,6,8,17H,1,4-5,7,16H2,(H,18,20). The van der Waals surface area contributed by atoms with Crippen LogP contribution in [0.5, 0.6) is 5.75 Å². The molecule has 4 N–H and O–H groups in total. The lowest BCUT2D eigenvalue weighted by atomic mass is 10.1. The van der Waals surface area contributed by atoms with Crippen LogP contribution in [0.25, 0.3) is 0 Å².